The molecule has 13 heavy (non-hydrogen) atoms. The average molecular weight is 203 g/mol. The molecule has 0 heterocycles. The third-order valence-electron chi connectivity index (χ3n) is 1.81. The fraction of sp³-hybridized carbons (Fsp3) is 1.00. The van der Waals surface area contributed by atoms with Crippen LogP contribution in [0.25, 0.3) is 0 Å². The summed E-state index contributed by atoms with van der Waals surface area (Å²) in [5, 5.41) is 0. The van der Waals surface area contributed by atoms with Gasteiger partial charge in [-0.1, -0.05) is 38.1 Å². The van der Waals surface area contributed by atoms with Crippen molar-refractivity contribution in [2.45, 2.75) is 71.1 Å². The summed E-state index contributed by atoms with van der Waals surface area (Å²) in [7, 11) is 0. The minimum absolute atomic E-state index is 0.332. The van der Waals surface area contributed by atoms with Gasteiger partial charge in [0.05, 0.1) is 0 Å². The summed E-state index contributed by atoms with van der Waals surface area (Å²) in [5.41, 5.74) is 0. The maximum Gasteiger partial charge on any atom is 0.0220 e. The Morgan fingerprint density at radius 3 is 2.31 bits per heavy atom. The highest BCUT2D eigenvalue weighted by atomic mass is 32.2. The first kappa shape index (κ1) is 13.3. The van der Waals surface area contributed by atoms with Crippen molar-refractivity contribution in [2.24, 2.45) is 0 Å². The van der Waals surface area contributed by atoms with Crippen LogP contribution >= 0.6 is 11.9 Å². The first-order valence-corrected chi connectivity index (χ1v) is 6.21. The summed E-state index contributed by atoms with van der Waals surface area (Å²) < 4.78 is 3.83. The van der Waals surface area contributed by atoms with Gasteiger partial charge in [0.1, 0.15) is 0 Å². The Bertz CT molecular complexity index is 118. The standard InChI is InChI=1S/C11H25NS/c1-6-7-8-9-10(2)12-13-11(3,4)5/h10,12H,6-9H2,1-5H3. The molecule has 0 rings (SSSR count). The van der Waals surface area contributed by atoms with Gasteiger partial charge in [0.15, 0.2) is 0 Å². The van der Waals surface area contributed by atoms with Gasteiger partial charge in [-0.15, -0.1) is 0 Å². The van der Waals surface area contributed by atoms with Crippen LogP contribution in [0.3, 0.4) is 0 Å². The van der Waals surface area contributed by atoms with Crippen molar-refractivity contribution in [1.29, 1.82) is 0 Å². The molecule has 0 bridgehead atoms. The van der Waals surface area contributed by atoms with Crippen molar-refractivity contribution < 1.29 is 0 Å². The molecule has 0 spiro atoms. The van der Waals surface area contributed by atoms with Crippen LogP contribution < -0.4 is 4.72 Å². The number of unbranched alkanes of at least 4 members (excludes halogenated alkanes) is 2. The monoisotopic (exact) mass is 203 g/mol. The van der Waals surface area contributed by atoms with Gasteiger partial charge in [0.25, 0.3) is 0 Å². The molecule has 80 valence electrons. The van der Waals surface area contributed by atoms with Crippen LogP contribution in [0.15, 0.2) is 0 Å². The lowest BCUT2D eigenvalue weighted by Crippen LogP contribution is -2.25. The largest absolute Gasteiger partial charge is 0.261 e. The van der Waals surface area contributed by atoms with Crippen LogP contribution in [0.4, 0.5) is 0 Å². The third-order valence-corrected chi connectivity index (χ3v) is 2.94. The quantitative estimate of drug-likeness (QED) is 0.517. The van der Waals surface area contributed by atoms with E-state index in [1.54, 1.807) is 0 Å². The fourth-order valence-electron chi connectivity index (χ4n) is 1.04. The summed E-state index contributed by atoms with van der Waals surface area (Å²) in [6.07, 6.45) is 5.34. The van der Waals surface area contributed by atoms with E-state index in [4.69, 9.17) is 0 Å². The number of hydrogen-bond acceptors (Lipinski definition) is 2. The minimum atomic E-state index is 0.332. The Kier molecular flexibility index (Phi) is 6.88. The molecule has 0 fully saturated rings. The molecule has 2 heteroatoms. The second-order valence-corrected chi connectivity index (χ2v) is 6.39. The first-order valence-electron chi connectivity index (χ1n) is 5.39. The Morgan fingerprint density at radius 1 is 1.23 bits per heavy atom. The van der Waals surface area contributed by atoms with Gasteiger partial charge in [-0.2, -0.15) is 0 Å². The highest BCUT2D eigenvalue weighted by Crippen LogP contribution is 2.20. The van der Waals surface area contributed by atoms with Gasteiger partial charge < -0.3 is 0 Å². The SMILES string of the molecule is CCCCCC(C)NSC(C)(C)C. The van der Waals surface area contributed by atoms with Gasteiger partial charge in [0.2, 0.25) is 0 Å². The zero-order valence-corrected chi connectivity index (χ0v) is 10.6. The van der Waals surface area contributed by atoms with Gasteiger partial charge in [-0.3, -0.25) is 4.72 Å². The predicted octanol–water partition coefficient (Wildman–Crippen LogP) is 3.99. The van der Waals surface area contributed by atoms with Crippen LogP contribution in [0, 0.1) is 0 Å². The molecule has 1 nitrogen and oxygen atoms in total. The van der Waals surface area contributed by atoms with Crippen LogP contribution in [-0.2, 0) is 0 Å². The molecule has 0 aromatic rings. The maximum atomic E-state index is 3.50. The third kappa shape index (κ3) is 10.2. The lowest BCUT2D eigenvalue weighted by molar-refractivity contribution is 0.565. The molecular formula is C11H25NS. The van der Waals surface area contributed by atoms with E-state index in [1.807, 2.05) is 11.9 Å². The van der Waals surface area contributed by atoms with Crippen molar-refractivity contribution in [1.82, 2.24) is 4.72 Å². The Hall–Kier alpha value is 0.310. The number of rotatable bonds is 6. The average Bonchev–Trinajstić information content (AvgIpc) is 2.00. The smallest absolute Gasteiger partial charge is 0.0220 e. The summed E-state index contributed by atoms with van der Waals surface area (Å²) >= 11 is 1.85. The van der Waals surface area contributed by atoms with Crippen molar-refractivity contribution in [3.05, 3.63) is 0 Å². The van der Waals surface area contributed by atoms with Gasteiger partial charge in [0, 0.05) is 10.8 Å². The summed E-state index contributed by atoms with van der Waals surface area (Å²) in [5.74, 6) is 0. The molecule has 0 aliphatic heterocycles. The van der Waals surface area contributed by atoms with E-state index in [0.717, 1.165) is 0 Å². The van der Waals surface area contributed by atoms with E-state index < -0.39 is 0 Å². The first-order chi connectivity index (χ1) is 5.95. The van der Waals surface area contributed by atoms with Crippen molar-refractivity contribution in [2.75, 3.05) is 0 Å². The lowest BCUT2D eigenvalue weighted by Gasteiger charge is -2.21. The van der Waals surface area contributed by atoms with Gasteiger partial charge in [-0.25, -0.2) is 0 Å². The Balaban J connectivity index is 3.35. The molecule has 1 atom stereocenters. The van der Waals surface area contributed by atoms with Crippen molar-refractivity contribution in [3.63, 3.8) is 0 Å². The fourth-order valence-corrected chi connectivity index (χ4v) is 1.71. The molecular weight excluding hydrogens is 178 g/mol. The molecule has 0 saturated carbocycles. The minimum Gasteiger partial charge on any atom is -0.261 e. The van der Waals surface area contributed by atoms with Crippen LogP contribution in [0.2, 0.25) is 0 Å². The van der Waals surface area contributed by atoms with E-state index >= 15 is 0 Å². The maximum absolute atomic E-state index is 3.50. The lowest BCUT2D eigenvalue weighted by atomic mass is 10.1. The highest BCUT2D eigenvalue weighted by Gasteiger charge is 2.12. The van der Waals surface area contributed by atoms with E-state index in [-0.39, 0.29) is 0 Å². The van der Waals surface area contributed by atoms with Crippen molar-refractivity contribution >= 4 is 11.9 Å². The zero-order chi connectivity index (χ0) is 10.3. The molecule has 0 radical (unpaired) electrons. The summed E-state index contributed by atoms with van der Waals surface area (Å²) in [6, 6.07) is 0.649. The topological polar surface area (TPSA) is 12.0 Å². The van der Waals surface area contributed by atoms with Crippen LogP contribution in [0.5, 0.6) is 0 Å². The van der Waals surface area contributed by atoms with Crippen LogP contribution in [0.1, 0.15) is 60.3 Å². The number of hydrogen-bond donors (Lipinski definition) is 1. The molecule has 0 amide bonds. The highest BCUT2D eigenvalue weighted by molar-refractivity contribution is 7.98. The van der Waals surface area contributed by atoms with E-state index in [0.29, 0.717) is 10.8 Å². The van der Waals surface area contributed by atoms with Gasteiger partial charge >= 0.3 is 0 Å². The molecule has 0 aromatic carbocycles. The van der Waals surface area contributed by atoms with E-state index in [1.165, 1.54) is 25.7 Å². The molecule has 0 aliphatic carbocycles. The number of nitrogens with one attached hydrogen (secondary N) is 1. The molecule has 0 saturated heterocycles. The zero-order valence-electron chi connectivity index (χ0n) is 9.81. The van der Waals surface area contributed by atoms with Crippen LogP contribution in [-0.4, -0.2) is 10.8 Å². The molecule has 1 unspecified atom stereocenters. The van der Waals surface area contributed by atoms with E-state index in [9.17, 15) is 0 Å². The predicted molar refractivity (Wildman–Crippen MR) is 64.1 cm³/mol. The molecule has 1 N–H and O–H groups in total. The second-order valence-electron chi connectivity index (χ2n) is 4.73. The molecule has 0 aliphatic rings. The Labute approximate surface area is 88.2 Å². The summed E-state index contributed by atoms with van der Waals surface area (Å²) in [4.78, 5) is 0. The van der Waals surface area contributed by atoms with Crippen molar-refractivity contribution in [3.8, 4) is 0 Å². The summed E-state index contributed by atoms with van der Waals surface area (Å²) in [6.45, 7) is 11.2. The molecule has 0 aromatic heterocycles. The van der Waals surface area contributed by atoms with Gasteiger partial charge in [-0.05, 0) is 34.1 Å². The normalized spacial score (nSPS) is 14.5. The Morgan fingerprint density at radius 2 is 1.85 bits per heavy atom. The second kappa shape index (κ2) is 6.72. The van der Waals surface area contributed by atoms with E-state index in [2.05, 4.69) is 39.3 Å².